The molecule has 0 unspecified atom stereocenters. The number of hydrogen-bond donors (Lipinski definition) is 1. The molecule has 0 heterocycles. The molecular weight excluding hydrogens is 240 g/mol. The lowest BCUT2D eigenvalue weighted by Gasteiger charge is -2.07. The van der Waals surface area contributed by atoms with Crippen LogP contribution in [0.3, 0.4) is 0 Å². The zero-order chi connectivity index (χ0) is 14.1. The number of nitrogens with zero attached hydrogens (tertiary/aromatic N) is 1. The van der Waals surface area contributed by atoms with Gasteiger partial charge in [-0.15, -0.1) is 0 Å². The van der Waals surface area contributed by atoms with E-state index in [1.165, 1.54) is 0 Å². The van der Waals surface area contributed by atoms with Crippen LogP contribution in [0.15, 0.2) is 24.3 Å². The first-order valence-corrected chi connectivity index (χ1v) is 6.49. The van der Waals surface area contributed by atoms with Crippen LogP contribution >= 0.6 is 0 Å². The molecule has 4 nitrogen and oxygen atoms in total. The number of nitrogens with one attached hydrogen (secondary N) is 1. The predicted molar refractivity (Wildman–Crippen MR) is 74.7 cm³/mol. The Balaban J connectivity index is 2.22. The number of ether oxygens (including phenoxy) is 1. The monoisotopic (exact) mass is 260 g/mol. The molecule has 1 aromatic carbocycles. The average Bonchev–Trinajstić information content (AvgIpc) is 2.39. The summed E-state index contributed by atoms with van der Waals surface area (Å²) in [6.45, 7) is 5.53. The molecule has 19 heavy (non-hydrogen) atoms. The van der Waals surface area contributed by atoms with Crippen LogP contribution in [0.1, 0.15) is 32.3 Å². The number of carbonyl (C=O) groups excluding carboxylic acids is 1. The van der Waals surface area contributed by atoms with E-state index in [1.807, 2.05) is 6.07 Å². The first-order valence-electron chi connectivity index (χ1n) is 6.49. The van der Waals surface area contributed by atoms with Crippen LogP contribution in [0.5, 0.6) is 0 Å². The van der Waals surface area contributed by atoms with Gasteiger partial charge in [0.05, 0.1) is 11.6 Å². The normalized spacial score (nSPS) is 10.2. The van der Waals surface area contributed by atoms with Crippen LogP contribution in [0.2, 0.25) is 0 Å². The van der Waals surface area contributed by atoms with E-state index in [1.54, 1.807) is 24.3 Å². The molecule has 0 fully saturated rings. The van der Waals surface area contributed by atoms with Crippen LogP contribution in [0.4, 0.5) is 5.69 Å². The summed E-state index contributed by atoms with van der Waals surface area (Å²) < 4.78 is 5.41. The van der Waals surface area contributed by atoms with E-state index in [-0.39, 0.29) is 5.91 Å². The van der Waals surface area contributed by atoms with Crippen molar-refractivity contribution >= 4 is 11.6 Å². The number of carbonyl (C=O) groups is 1. The number of anilines is 1. The molecule has 0 bridgehead atoms. The molecule has 0 saturated heterocycles. The molecule has 0 radical (unpaired) electrons. The van der Waals surface area contributed by atoms with E-state index in [9.17, 15) is 4.79 Å². The highest BCUT2D eigenvalue weighted by Gasteiger charge is 2.02. The lowest BCUT2D eigenvalue weighted by atomic mass is 10.2. The van der Waals surface area contributed by atoms with Gasteiger partial charge in [-0.25, -0.2) is 0 Å². The molecule has 1 rings (SSSR count). The lowest BCUT2D eigenvalue weighted by Crippen LogP contribution is -2.12. The fourth-order valence-electron chi connectivity index (χ4n) is 1.51. The molecular formula is C15H20N2O2. The molecule has 1 N–H and O–H groups in total. The molecule has 0 aromatic heterocycles. The summed E-state index contributed by atoms with van der Waals surface area (Å²) in [6.07, 6.45) is 1.16. The third kappa shape index (κ3) is 6.58. The minimum absolute atomic E-state index is 0.0298. The Morgan fingerprint density at radius 1 is 1.37 bits per heavy atom. The minimum Gasteiger partial charge on any atom is -0.381 e. The van der Waals surface area contributed by atoms with E-state index < -0.39 is 0 Å². The van der Waals surface area contributed by atoms with Crippen molar-refractivity contribution in [3.8, 4) is 6.07 Å². The molecule has 0 saturated carbocycles. The second kappa shape index (κ2) is 8.28. The van der Waals surface area contributed by atoms with Gasteiger partial charge in [-0.1, -0.05) is 13.8 Å². The van der Waals surface area contributed by atoms with Gasteiger partial charge in [0.25, 0.3) is 0 Å². The molecule has 0 aliphatic carbocycles. The van der Waals surface area contributed by atoms with E-state index >= 15 is 0 Å². The Kier molecular flexibility index (Phi) is 6.62. The van der Waals surface area contributed by atoms with Crippen LogP contribution < -0.4 is 5.32 Å². The summed E-state index contributed by atoms with van der Waals surface area (Å²) >= 11 is 0. The smallest absolute Gasteiger partial charge is 0.224 e. The maximum atomic E-state index is 11.6. The van der Waals surface area contributed by atoms with E-state index in [4.69, 9.17) is 10.00 Å². The van der Waals surface area contributed by atoms with Gasteiger partial charge in [-0.2, -0.15) is 5.26 Å². The van der Waals surface area contributed by atoms with E-state index in [0.29, 0.717) is 30.2 Å². The van der Waals surface area contributed by atoms with Crippen molar-refractivity contribution in [2.75, 3.05) is 18.5 Å². The molecule has 0 aliphatic heterocycles. The van der Waals surface area contributed by atoms with Gasteiger partial charge in [0, 0.05) is 25.3 Å². The van der Waals surface area contributed by atoms with Gasteiger partial charge in [-0.3, -0.25) is 4.79 Å². The van der Waals surface area contributed by atoms with Crippen molar-refractivity contribution in [1.29, 1.82) is 5.26 Å². The van der Waals surface area contributed by atoms with Crippen molar-refractivity contribution in [2.45, 2.75) is 26.7 Å². The number of rotatable bonds is 7. The van der Waals surface area contributed by atoms with Crippen molar-refractivity contribution in [3.63, 3.8) is 0 Å². The Morgan fingerprint density at radius 3 is 2.63 bits per heavy atom. The molecule has 0 spiro atoms. The minimum atomic E-state index is -0.0298. The Bertz CT molecular complexity index is 432. The first-order chi connectivity index (χ1) is 9.11. The van der Waals surface area contributed by atoms with Crippen molar-refractivity contribution < 1.29 is 9.53 Å². The number of benzene rings is 1. The summed E-state index contributed by atoms with van der Waals surface area (Å²) in [5.41, 5.74) is 1.30. The number of hydrogen-bond acceptors (Lipinski definition) is 3. The average molecular weight is 260 g/mol. The van der Waals surface area contributed by atoms with Crippen LogP contribution in [-0.4, -0.2) is 19.1 Å². The summed E-state index contributed by atoms with van der Waals surface area (Å²) in [5, 5.41) is 11.5. The Morgan fingerprint density at radius 2 is 2.05 bits per heavy atom. The van der Waals surface area contributed by atoms with Gasteiger partial charge >= 0.3 is 0 Å². The van der Waals surface area contributed by atoms with Gasteiger partial charge in [-0.05, 0) is 36.6 Å². The Labute approximate surface area is 114 Å². The second-order valence-electron chi connectivity index (χ2n) is 4.81. The quantitative estimate of drug-likeness (QED) is 0.767. The van der Waals surface area contributed by atoms with Gasteiger partial charge in [0.15, 0.2) is 0 Å². The summed E-state index contributed by atoms with van der Waals surface area (Å²) in [4.78, 5) is 11.6. The van der Waals surface area contributed by atoms with Crippen molar-refractivity contribution in [1.82, 2.24) is 0 Å². The predicted octanol–water partition coefficient (Wildman–Crippen LogP) is 2.95. The molecule has 0 aliphatic rings. The standard InChI is InChI=1S/C15H20N2O2/c1-12(2)11-19-9-3-4-15(18)17-14-7-5-13(10-16)6-8-14/h5-8,12H,3-4,9,11H2,1-2H3,(H,17,18). The maximum Gasteiger partial charge on any atom is 0.224 e. The summed E-state index contributed by atoms with van der Waals surface area (Å²) in [7, 11) is 0. The zero-order valence-electron chi connectivity index (χ0n) is 11.5. The van der Waals surface area contributed by atoms with Crippen LogP contribution in [-0.2, 0) is 9.53 Å². The fraction of sp³-hybridized carbons (Fsp3) is 0.467. The van der Waals surface area contributed by atoms with Crippen molar-refractivity contribution in [2.24, 2.45) is 5.92 Å². The molecule has 102 valence electrons. The van der Waals surface area contributed by atoms with Gasteiger partial charge < -0.3 is 10.1 Å². The summed E-state index contributed by atoms with van der Waals surface area (Å²) in [5.74, 6) is 0.491. The van der Waals surface area contributed by atoms with Crippen LogP contribution in [0.25, 0.3) is 0 Å². The molecule has 0 atom stereocenters. The van der Waals surface area contributed by atoms with Gasteiger partial charge in [0.2, 0.25) is 5.91 Å². The highest BCUT2D eigenvalue weighted by Crippen LogP contribution is 2.09. The van der Waals surface area contributed by atoms with Crippen molar-refractivity contribution in [3.05, 3.63) is 29.8 Å². The summed E-state index contributed by atoms with van der Waals surface area (Å²) in [6, 6.07) is 8.86. The highest BCUT2D eigenvalue weighted by atomic mass is 16.5. The Hall–Kier alpha value is -1.86. The van der Waals surface area contributed by atoms with E-state index in [0.717, 1.165) is 13.0 Å². The number of nitriles is 1. The third-order valence-corrected chi connectivity index (χ3v) is 2.44. The number of amides is 1. The van der Waals surface area contributed by atoms with Gasteiger partial charge in [0.1, 0.15) is 0 Å². The van der Waals surface area contributed by atoms with Crippen LogP contribution in [0, 0.1) is 17.2 Å². The largest absolute Gasteiger partial charge is 0.381 e. The topological polar surface area (TPSA) is 62.1 Å². The fourth-order valence-corrected chi connectivity index (χ4v) is 1.51. The highest BCUT2D eigenvalue weighted by molar-refractivity contribution is 5.90. The maximum absolute atomic E-state index is 11.6. The molecule has 4 heteroatoms. The SMILES string of the molecule is CC(C)COCCCC(=O)Nc1ccc(C#N)cc1. The van der Waals surface area contributed by atoms with E-state index in [2.05, 4.69) is 19.2 Å². The third-order valence-electron chi connectivity index (χ3n) is 2.44. The molecule has 1 aromatic rings. The first kappa shape index (κ1) is 15.2. The lowest BCUT2D eigenvalue weighted by molar-refractivity contribution is -0.116. The second-order valence-corrected chi connectivity index (χ2v) is 4.81. The molecule has 1 amide bonds. The zero-order valence-corrected chi connectivity index (χ0v) is 11.5.